The van der Waals surface area contributed by atoms with Crippen LogP contribution in [0.15, 0.2) is 12.1 Å². The second-order valence-electron chi connectivity index (χ2n) is 5.32. The minimum absolute atomic E-state index is 0.00466. The van der Waals surface area contributed by atoms with E-state index < -0.39 is 5.82 Å². The standard InChI is InChI=1S/C15H21FN2O3/c1-9-6-10(17)4-5-18(9)15(19)11-7-13(20-2)14(21-3)8-12(11)16/h7-10H,4-6,17H2,1-3H3/t9-,10+/m1/s1. The van der Waals surface area contributed by atoms with Gasteiger partial charge >= 0.3 is 0 Å². The summed E-state index contributed by atoms with van der Waals surface area (Å²) in [6, 6.07) is 2.65. The molecule has 1 aromatic rings. The Balaban J connectivity index is 2.30. The molecule has 0 aliphatic carbocycles. The third-order valence-corrected chi connectivity index (χ3v) is 3.88. The van der Waals surface area contributed by atoms with Crippen LogP contribution in [-0.4, -0.2) is 43.7 Å². The summed E-state index contributed by atoms with van der Waals surface area (Å²) in [5.41, 5.74) is 5.89. The summed E-state index contributed by atoms with van der Waals surface area (Å²) < 4.78 is 24.3. The number of piperidine rings is 1. The first-order valence-corrected chi connectivity index (χ1v) is 6.96. The van der Waals surface area contributed by atoms with E-state index in [2.05, 4.69) is 0 Å². The molecule has 0 unspecified atom stereocenters. The van der Waals surface area contributed by atoms with E-state index in [4.69, 9.17) is 15.2 Å². The fourth-order valence-corrected chi connectivity index (χ4v) is 2.68. The molecule has 6 heteroatoms. The molecular weight excluding hydrogens is 275 g/mol. The number of benzene rings is 1. The molecule has 0 aromatic heterocycles. The lowest BCUT2D eigenvalue weighted by atomic mass is 9.98. The van der Waals surface area contributed by atoms with E-state index in [1.165, 1.54) is 26.4 Å². The molecule has 0 saturated carbocycles. The van der Waals surface area contributed by atoms with Crippen LogP contribution in [0, 0.1) is 5.82 Å². The van der Waals surface area contributed by atoms with Crippen molar-refractivity contribution in [1.82, 2.24) is 4.90 Å². The Kier molecular flexibility index (Phi) is 4.67. The molecule has 1 saturated heterocycles. The number of methoxy groups -OCH3 is 2. The lowest BCUT2D eigenvalue weighted by Crippen LogP contribution is -2.48. The molecule has 1 aliphatic rings. The molecule has 0 spiro atoms. The predicted octanol–water partition coefficient (Wildman–Crippen LogP) is 1.79. The number of halogens is 1. The predicted molar refractivity (Wildman–Crippen MR) is 77.2 cm³/mol. The van der Waals surface area contributed by atoms with Gasteiger partial charge in [-0.25, -0.2) is 4.39 Å². The quantitative estimate of drug-likeness (QED) is 0.923. The maximum absolute atomic E-state index is 14.2. The fraction of sp³-hybridized carbons (Fsp3) is 0.533. The number of hydrogen-bond donors (Lipinski definition) is 1. The van der Waals surface area contributed by atoms with Crippen molar-refractivity contribution in [1.29, 1.82) is 0 Å². The molecule has 116 valence electrons. The monoisotopic (exact) mass is 296 g/mol. The second kappa shape index (κ2) is 6.30. The Labute approximate surface area is 123 Å². The summed E-state index contributed by atoms with van der Waals surface area (Å²) in [6.07, 6.45) is 1.45. The lowest BCUT2D eigenvalue weighted by Gasteiger charge is -2.36. The van der Waals surface area contributed by atoms with Crippen molar-refractivity contribution in [3.63, 3.8) is 0 Å². The van der Waals surface area contributed by atoms with Crippen LogP contribution in [0.3, 0.4) is 0 Å². The topological polar surface area (TPSA) is 64.8 Å². The molecule has 1 aliphatic heterocycles. The van der Waals surface area contributed by atoms with E-state index in [-0.39, 0.29) is 29.3 Å². The summed E-state index contributed by atoms with van der Waals surface area (Å²) in [4.78, 5) is 14.2. The van der Waals surface area contributed by atoms with Crippen molar-refractivity contribution in [3.05, 3.63) is 23.5 Å². The van der Waals surface area contributed by atoms with E-state index in [9.17, 15) is 9.18 Å². The number of carbonyl (C=O) groups excluding carboxylic acids is 1. The molecule has 2 N–H and O–H groups in total. The molecule has 2 rings (SSSR count). The van der Waals surface area contributed by atoms with E-state index in [1.54, 1.807) is 4.90 Å². The third-order valence-electron chi connectivity index (χ3n) is 3.88. The van der Waals surface area contributed by atoms with Gasteiger partial charge in [-0.3, -0.25) is 4.79 Å². The summed E-state index contributed by atoms with van der Waals surface area (Å²) in [5.74, 6) is -0.351. The largest absolute Gasteiger partial charge is 0.493 e. The molecule has 2 atom stereocenters. The van der Waals surface area contributed by atoms with Gasteiger partial charge < -0.3 is 20.1 Å². The number of hydrogen-bond acceptors (Lipinski definition) is 4. The molecule has 21 heavy (non-hydrogen) atoms. The molecule has 0 bridgehead atoms. The first kappa shape index (κ1) is 15.6. The molecular formula is C15H21FN2O3. The third kappa shape index (κ3) is 3.10. The first-order valence-electron chi connectivity index (χ1n) is 6.96. The fourth-order valence-electron chi connectivity index (χ4n) is 2.68. The highest BCUT2D eigenvalue weighted by molar-refractivity contribution is 5.95. The number of nitrogens with zero attached hydrogens (tertiary/aromatic N) is 1. The molecule has 1 heterocycles. The van der Waals surface area contributed by atoms with Crippen LogP contribution in [0.5, 0.6) is 11.5 Å². The van der Waals surface area contributed by atoms with Gasteiger partial charge in [-0.1, -0.05) is 0 Å². The van der Waals surface area contributed by atoms with Crippen molar-refractivity contribution in [3.8, 4) is 11.5 Å². The maximum atomic E-state index is 14.2. The smallest absolute Gasteiger partial charge is 0.257 e. The van der Waals surface area contributed by atoms with Crippen molar-refractivity contribution in [2.75, 3.05) is 20.8 Å². The van der Waals surface area contributed by atoms with E-state index in [0.717, 1.165) is 12.8 Å². The van der Waals surface area contributed by atoms with Gasteiger partial charge in [0, 0.05) is 24.7 Å². The Morgan fingerprint density at radius 1 is 1.33 bits per heavy atom. The van der Waals surface area contributed by atoms with Crippen molar-refractivity contribution >= 4 is 5.91 Å². The summed E-state index contributed by atoms with van der Waals surface area (Å²) >= 11 is 0. The number of carbonyl (C=O) groups is 1. The second-order valence-corrected chi connectivity index (χ2v) is 5.32. The summed E-state index contributed by atoms with van der Waals surface area (Å²) in [6.45, 7) is 2.46. The zero-order valence-electron chi connectivity index (χ0n) is 12.6. The highest BCUT2D eigenvalue weighted by atomic mass is 19.1. The Hall–Kier alpha value is -1.82. The van der Waals surface area contributed by atoms with Crippen LogP contribution in [0.2, 0.25) is 0 Å². The average molecular weight is 296 g/mol. The first-order chi connectivity index (χ1) is 9.97. The zero-order valence-corrected chi connectivity index (χ0v) is 12.6. The molecule has 1 amide bonds. The average Bonchev–Trinajstić information content (AvgIpc) is 2.46. The van der Waals surface area contributed by atoms with Gasteiger partial charge in [0.15, 0.2) is 11.5 Å². The van der Waals surface area contributed by atoms with Gasteiger partial charge in [0.25, 0.3) is 5.91 Å². The zero-order chi connectivity index (χ0) is 15.6. The van der Waals surface area contributed by atoms with Crippen LogP contribution in [0.25, 0.3) is 0 Å². The van der Waals surface area contributed by atoms with Crippen LogP contribution in [-0.2, 0) is 0 Å². The number of nitrogens with two attached hydrogens (primary N) is 1. The van der Waals surface area contributed by atoms with E-state index >= 15 is 0 Å². The number of ether oxygens (including phenoxy) is 2. The molecule has 1 aromatic carbocycles. The van der Waals surface area contributed by atoms with Gasteiger partial charge in [-0.2, -0.15) is 0 Å². The van der Waals surface area contributed by atoms with Crippen molar-refractivity contribution < 1.29 is 18.7 Å². The molecule has 0 radical (unpaired) electrons. The number of rotatable bonds is 3. The summed E-state index contributed by atoms with van der Waals surface area (Å²) in [5, 5.41) is 0. The minimum atomic E-state index is -0.611. The number of likely N-dealkylation sites (tertiary alicyclic amines) is 1. The van der Waals surface area contributed by atoms with Gasteiger partial charge in [0.1, 0.15) is 5.82 Å². The Bertz CT molecular complexity index is 536. The minimum Gasteiger partial charge on any atom is -0.493 e. The van der Waals surface area contributed by atoms with Crippen LogP contribution in [0.1, 0.15) is 30.1 Å². The lowest BCUT2D eigenvalue weighted by molar-refractivity contribution is 0.0614. The molecule has 5 nitrogen and oxygen atoms in total. The van der Waals surface area contributed by atoms with Crippen LogP contribution in [0.4, 0.5) is 4.39 Å². The highest BCUT2D eigenvalue weighted by Crippen LogP contribution is 2.31. The van der Waals surface area contributed by atoms with Gasteiger partial charge in [-0.15, -0.1) is 0 Å². The number of amides is 1. The Morgan fingerprint density at radius 2 is 1.95 bits per heavy atom. The van der Waals surface area contributed by atoms with Gasteiger partial charge in [0.05, 0.1) is 19.8 Å². The van der Waals surface area contributed by atoms with Gasteiger partial charge in [0.2, 0.25) is 0 Å². The highest BCUT2D eigenvalue weighted by Gasteiger charge is 2.30. The van der Waals surface area contributed by atoms with Crippen LogP contribution < -0.4 is 15.2 Å². The molecule has 1 fully saturated rings. The van der Waals surface area contributed by atoms with E-state index in [1.807, 2.05) is 6.92 Å². The van der Waals surface area contributed by atoms with Crippen molar-refractivity contribution in [2.24, 2.45) is 5.73 Å². The maximum Gasteiger partial charge on any atom is 0.257 e. The Morgan fingerprint density at radius 3 is 2.52 bits per heavy atom. The normalized spacial score (nSPS) is 22.0. The van der Waals surface area contributed by atoms with Gasteiger partial charge in [-0.05, 0) is 25.8 Å². The van der Waals surface area contributed by atoms with Crippen molar-refractivity contribution in [2.45, 2.75) is 31.8 Å². The van der Waals surface area contributed by atoms with Crippen LogP contribution >= 0.6 is 0 Å². The van der Waals surface area contributed by atoms with E-state index in [0.29, 0.717) is 12.3 Å². The SMILES string of the molecule is COc1cc(F)c(C(=O)N2CC[C@H](N)C[C@H]2C)cc1OC. The summed E-state index contributed by atoms with van der Waals surface area (Å²) in [7, 11) is 2.87.